The van der Waals surface area contributed by atoms with E-state index in [0.717, 1.165) is 42.8 Å². The molecule has 0 saturated carbocycles. The van der Waals surface area contributed by atoms with Crippen LogP contribution in [0.5, 0.6) is 0 Å². The summed E-state index contributed by atoms with van der Waals surface area (Å²) in [6.07, 6.45) is 0.849. The van der Waals surface area contributed by atoms with Gasteiger partial charge in [0.1, 0.15) is 0 Å². The number of ether oxygens (including phenoxy) is 1. The van der Waals surface area contributed by atoms with Crippen LogP contribution in [0.4, 0.5) is 0 Å². The highest BCUT2D eigenvalue weighted by Gasteiger charge is 2.35. The first-order valence-electron chi connectivity index (χ1n) is 5.90. The first-order chi connectivity index (χ1) is 8.25. The number of hydrogen-bond acceptors (Lipinski definition) is 3. The zero-order valence-corrected chi connectivity index (χ0v) is 11.1. The molecule has 1 aliphatic heterocycles. The van der Waals surface area contributed by atoms with E-state index in [1.54, 1.807) is 0 Å². The Morgan fingerprint density at radius 1 is 1.29 bits per heavy atom. The summed E-state index contributed by atoms with van der Waals surface area (Å²) in [5.74, 6) is 0.267. The highest BCUT2D eigenvalue weighted by molar-refractivity contribution is 9.10. The lowest BCUT2D eigenvalue weighted by atomic mass is 10.1. The number of morpholine rings is 1. The van der Waals surface area contributed by atoms with Gasteiger partial charge < -0.3 is 4.74 Å². The third kappa shape index (κ3) is 2.05. The van der Waals surface area contributed by atoms with E-state index in [-0.39, 0.29) is 11.8 Å². The lowest BCUT2D eigenvalue weighted by Gasteiger charge is -2.30. The van der Waals surface area contributed by atoms with E-state index in [0.29, 0.717) is 0 Å². The summed E-state index contributed by atoms with van der Waals surface area (Å²) in [6.45, 7) is 3.21. The molecule has 1 heterocycles. The molecular formula is C13H14BrNO2. The number of halogens is 1. The van der Waals surface area contributed by atoms with Gasteiger partial charge in [0.2, 0.25) is 0 Å². The van der Waals surface area contributed by atoms with E-state index < -0.39 is 0 Å². The van der Waals surface area contributed by atoms with Gasteiger partial charge in [-0.3, -0.25) is 9.69 Å². The van der Waals surface area contributed by atoms with Crippen LogP contribution in [-0.4, -0.2) is 43.0 Å². The summed E-state index contributed by atoms with van der Waals surface area (Å²) in [5.41, 5.74) is 2.06. The fourth-order valence-electron chi connectivity index (χ4n) is 2.62. The number of rotatable bonds is 1. The van der Waals surface area contributed by atoms with Gasteiger partial charge in [-0.05, 0) is 24.1 Å². The molecule has 1 saturated heterocycles. The van der Waals surface area contributed by atoms with Crippen LogP contribution in [0.25, 0.3) is 0 Å². The Morgan fingerprint density at radius 2 is 2.06 bits per heavy atom. The molecule has 0 spiro atoms. The van der Waals surface area contributed by atoms with Gasteiger partial charge in [-0.1, -0.05) is 22.0 Å². The predicted molar refractivity (Wildman–Crippen MR) is 68.4 cm³/mol. The maximum absolute atomic E-state index is 12.3. The van der Waals surface area contributed by atoms with Gasteiger partial charge in [0, 0.05) is 23.1 Å². The molecule has 0 bridgehead atoms. The molecule has 1 fully saturated rings. The van der Waals surface area contributed by atoms with Crippen LogP contribution in [0, 0.1) is 0 Å². The first kappa shape index (κ1) is 11.4. The molecule has 1 aliphatic carbocycles. The van der Waals surface area contributed by atoms with Gasteiger partial charge >= 0.3 is 0 Å². The first-order valence-corrected chi connectivity index (χ1v) is 6.69. The van der Waals surface area contributed by atoms with Gasteiger partial charge in [-0.2, -0.15) is 0 Å². The number of Topliss-reactive ketones (excluding diaryl/α,β-unsaturated/α-hetero) is 1. The number of nitrogens with zero attached hydrogens (tertiary/aromatic N) is 1. The van der Waals surface area contributed by atoms with Crippen molar-refractivity contribution in [2.24, 2.45) is 0 Å². The Balaban J connectivity index is 1.85. The van der Waals surface area contributed by atoms with Gasteiger partial charge in [-0.15, -0.1) is 0 Å². The topological polar surface area (TPSA) is 29.5 Å². The number of carbonyl (C=O) groups is 1. The molecule has 0 N–H and O–H groups in total. The summed E-state index contributed by atoms with van der Waals surface area (Å²) < 4.78 is 6.31. The average Bonchev–Trinajstić information content (AvgIpc) is 2.68. The fourth-order valence-corrected chi connectivity index (χ4v) is 2.98. The molecule has 1 atom stereocenters. The van der Waals surface area contributed by atoms with Crippen molar-refractivity contribution in [3.05, 3.63) is 33.8 Å². The van der Waals surface area contributed by atoms with Crippen molar-refractivity contribution in [1.29, 1.82) is 0 Å². The van der Waals surface area contributed by atoms with E-state index in [4.69, 9.17) is 4.74 Å². The minimum absolute atomic E-state index is 0.0307. The molecule has 1 aromatic carbocycles. The van der Waals surface area contributed by atoms with E-state index in [1.165, 1.54) is 5.56 Å². The third-order valence-electron chi connectivity index (χ3n) is 3.54. The van der Waals surface area contributed by atoms with Crippen LogP contribution in [-0.2, 0) is 11.2 Å². The number of fused-ring (bicyclic) bond motifs is 1. The van der Waals surface area contributed by atoms with E-state index >= 15 is 0 Å². The van der Waals surface area contributed by atoms with Gasteiger partial charge in [0.15, 0.2) is 5.78 Å². The normalized spacial score (nSPS) is 25.0. The van der Waals surface area contributed by atoms with Crippen LogP contribution < -0.4 is 0 Å². The van der Waals surface area contributed by atoms with Gasteiger partial charge in [-0.25, -0.2) is 0 Å². The van der Waals surface area contributed by atoms with Crippen LogP contribution in [0.2, 0.25) is 0 Å². The molecule has 0 amide bonds. The SMILES string of the molecule is O=C1c2cc(Br)ccc2CC1N1CCOCC1. The second kappa shape index (κ2) is 4.52. The second-order valence-corrected chi connectivity index (χ2v) is 5.45. The van der Waals surface area contributed by atoms with Gasteiger partial charge in [0.05, 0.1) is 19.3 Å². The molecule has 90 valence electrons. The van der Waals surface area contributed by atoms with Crippen molar-refractivity contribution >= 4 is 21.7 Å². The molecule has 2 aliphatic rings. The van der Waals surface area contributed by atoms with Crippen LogP contribution in [0.15, 0.2) is 22.7 Å². The minimum Gasteiger partial charge on any atom is -0.379 e. The largest absolute Gasteiger partial charge is 0.379 e. The monoisotopic (exact) mass is 295 g/mol. The molecule has 1 aromatic rings. The molecular weight excluding hydrogens is 282 g/mol. The number of hydrogen-bond donors (Lipinski definition) is 0. The minimum atomic E-state index is 0.0307. The Morgan fingerprint density at radius 3 is 2.82 bits per heavy atom. The molecule has 17 heavy (non-hydrogen) atoms. The second-order valence-electron chi connectivity index (χ2n) is 4.53. The predicted octanol–water partition coefficient (Wildman–Crippen LogP) is 1.89. The maximum atomic E-state index is 12.3. The summed E-state index contributed by atoms with van der Waals surface area (Å²) in [4.78, 5) is 14.6. The van der Waals surface area contributed by atoms with Crippen molar-refractivity contribution in [3.8, 4) is 0 Å². The van der Waals surface area contributed by atoms with Crippen LogP contribution >= 0.6 is 15.9 Å². The Labute approximate surface area is 109 Å². The van der Waals surface area contributed by atoms with Gasteiger partial charge in [0.25, 0.3) is 0 Å². The van der Waals surface area contributed by atoms with E-state index in [9.17, 15) is 4.79 Å². The summed E-state index contributed by atoms with van der Waals surface area (Å²) in [7, 11) is 0. The zero-order chi connectivity index (χ0) is 11.8. The summed E-state index contributed by atoms with van der Waals surface area (Å²) in [5, 5.41) is 0. The zero-order valence-electron chi connectivity index (χ0n) is 9.49. The van der Waals surface area contributed by atoms with Crippen molar-refractivity contribution in [2.45, 2.75) is 12.5 Å². The molecule has 3 nitrogen and oxygen atoms in total. The highest BCUT2D eigenvalue weighted by Crippen LogP contribution is 2.28. The Kier molecular flexibility index (Phi) is 3.03. The van der Waals surface area contributed by atoms with E-state index in [2.05, 4.69) is 26.9 Å². The maximum Gasteiger partial charge on any atom is 0.180 e. The smallest absolute Gasteiger partial charge is 0.180 e. The summed E-state index contributed by atoms with van der Waals surface area (Å²) >= 11 is 3.42. The van der Waals surface area contributed by atoms with Crippen molar-refractivity contribution in [2.75, 3.05) is 26.3 Å². The average molecular weight is 296 g/mol. The molecule has 3 rings (SSSR count). The van der Waals surface area contributed by atoms with Crippen molar-refractivity contribution in [3.63, 3.8) is 0 Å². The van der Waals surface area contributed by atoms with Crippen molar-refractivity contribution < 1.29 is 9.53 Å². The number of ketones is 1. The highest BCUT2D eigenvalue weighted by atomic mass is 79.9. The fraction of sp³-hybridized carbons (Fsp3) is 0.462. The molecule has 1 unspecified atom stereocenters. The molecule has 4 heteroatoms. The lowest BCUT2D eigenvalue weighted by Crippen LogP contribution is -2.46. The molecule has 0 radical (unpaired) electrons. The lowest BCUT2D eigenvalue weighted by molar-refractivity contribution is 0.0194. The third-order valence-corrected chi connectivity index (χ3v) is 4.03. The summed E-state index contributed by atoms with van der Waals surface area (Å²) in [6, 6.07) is 6.03. The Bertz CT molecular complexity index is 455. The van der Waals surface area contributed by atoms with Crippen LogP contribution in [0.3, 0.4) is 0 Å². The number of benzene rings is 1. The van der Waals surface area contributed by atoms with E-state index in [1.807, 2.05) is 12.1 Å². The standard InChI is InChI=1S/C13H14BrNO2/c14-10-2-1-9-7-12(13(16)11(9)8-10)15-3-5-17-6-4-15/h1-2,8,12H,3-7H2. The molecule has 0 aromatic heterocycles. The van der Waals surface area contributed by atoms with Crippen LogP contribution in [0.1, 0.15) is 15.9 Å². The van der Waals surface area contributed by atoms with Crippen molar-refractivity contribution in [1.82, 2.24) is 4.90 Å². The number of carbonyl (C=O) groups excluding carboxylic acids is 1. The Hall–Kier alpha value is -0.710. The quantitative estimate of drug-likeness (QED) is 0.792.